The predicted molar refractivity (Wildman–Crippen MR) is 161 cm³/mol. The van der Waals surface area contributed by atoms with Gasteiger partial charge in [-0.1, -0.05) is 102 Å². The molecule has 0 aliphatic heterocycles. The first kappa shape index (κ1) is 33.7. The highest BCUT2D eigenvalue weighted by molar-refractivity contribution is 5.98. The van der Waals surface area contributed by atoms with Gasteiger partial charge >= 0.3 is 5.97 Å². The molecule has 1 aromatic carbocycles. The Bertz CT molecular complexity index is 1110. The van der Waals surface area contributed by atoms with Gasteiger partial charge in [0.2, 0.25) is 11.8 Å². The summed E-state index contributed by atoms with van der Waals surface area (Å²) in [5, 5.41) is 15.5. The van der Waals surface area contributed by atoms with Gasteiger partial charge in [-0.3, -0.25) is 19.2 Å². The lowest BCUT2D eigenvalue weighted by atomic mass is 10.0. The summed E-state index contributed by atoms with van der Waals surface area (Å²) in [5.41, 5.74) is 6.27. The number of aromatic nitrogens is 1. The quantitative estimate of drug-likeness (QED) is 0.135. The summed E-state index contributed by atoms with van der Waals surface area (Å²) in [7, 11) is 0. The number of pyridine rings is 1. The number of carboxylic acid groups (broad SMARTS) is 1. The number of rotatable bonds is 22. The van der Waals surface area contributed by atoms with Crippen LogP contribution in [0, 0.1) is 0 Å². The molecule has 0 aliphatic rings. The van der Waals surface area contributed by atoms with Crippen molar-refractivity contribution in [1.29, 1.82) is 0 Å². The molecular formula is C32H48N4O5. The number of carbonyl (C=O) groups excluding carboxylic acids is 3. The first-order valence-corrected chi connectivity index (χ1v) is 15.3. The number of para-hydroxylation sites is 1. The standard InChI is InChI=1S/C32H48N4O5/c1-2-3-4-5-6-7-8-9-10-11-12-17-25(23-29(33)37)34-31(40)27(19-15-20-30(38)39)36-32(41)28-22-21-24-16-13-14-18-26(24)35-28/h13-14,16,18,21-22,25,27H,2-12,15,17,19-20,23H2,1H3,(H2,33,37)(H,34,40)(H,36,41)(H,38,39)/t25-,27-/m0/s1. The maximum Gasteiger partial charge on any atom is 0.303 e. The van der Waals surface area contributed by atoms with Crippen LogP contribution in [0.2, 0.25) is 0 Å². The molecule has 0 saturated heterocycles. The number of unbranched alkanes of at least 4 members (excludes halogenated alkanes) is 10. The van der Waals surface area contributed by atoms with Gasteiger partial charge in [0.1, 0.15) is 11.7 Å². The van der Waals surface area contributed by atoms with Crippen LogP contribution >= 0.6 is 0 Å². The fourth-order valence-corrected chi connectivity index (χ4v) is 4.98. The van der Waals surface area contributed by atoms with Crippen LogP contribution in [0.3, 0.4) is 0 Å². The van der Waals surface area contributed by atoms with Crippen molar-refractivity contribution in [3.05, 3.63) is 42.1 Å². The zero-order chi connectivity index (χ0) is 29.9. The van der Waals surface area contributed by atoms with Crippen LogP contribution in [0.1, 0.15) is 120 Å². The van der Waals surface area contributed by atoms with Gasteiger partial charge in [-0.2, -0.15) is 0 Å². The molecule has 2 atom stereocenters. The minimum Gasteiger partial charge on any atom is -0.481 e. The Morgan fingerprint density at radius 2 is 1.44 bits per heavy atom. The SMILES string of the molecule is CCCCCCCCCCCCC[C@@H](CC(N)=O)NC(=O)[C@H](CCCC(=O)O)NC(=O)c1ccc2ccccc2n1. The smallest absolute Gasteiger partial charge is 0.303 e. The number of aliphatic carboxylic acids is 1. The average Bonchev–Trinajstić information content (AvgIpc) is 2.94. The summed E-state index contributed by atoms with van der Waals surface area (Å²) < 4.78 is 0. The highest BCUT2D eigenvalue weighted by Gasteiger charge is 2.25. The van der Waals surface area contributed by atoms with Crippen LogP contribution in [0.15, 0.2) is 36.4 Å². The number of nitrogens with two attached hydrogens (primary N) is 1. The summed E-state index contributed by atoms with van der Waals surface area (Å²) >= 11 is 0. The Hall–Kier alpha value is -3.49. The van der Waals surface area contributed by atoms with Gasteiger partial charge in [-0.25, -0.2) is 4.98 Å². The second-order valence-electron chi connectivity index (χ2n) is 10.9. The van der Waals surface area contributed by atoms with Gasteiger partial charge in [0, 0.05) is 24.3 Å². The van der Waals surface area contributed by atoms with E-state index in [2.05, 4.69) is 22.5 Å². The predicted octanol–water partition coefficient (Wildman–Crippen LogP) is 5.65. The Balaban J connectivity index is 1.90. The number of nitrogens with one attached hydrogen (secondary N) is 2. The van der Waals surface area contributed by atoms with Gasteiger partial charge in [0.05, 0.1) is 5.52 Å². The van der Waals surface area contributed by atoms with Crippen molar-refractivity contribution >= 4 is 34.6 Å². The number of hydrogen-bond donors (Lipinski definition) is 4. The van der Waals surface area contributed by atoms with Gasteiger partial charge in [0.15, 0.2) is 0 Å². The summed E-state index contributed by atoms with van der Waals surface area (Å²) in [6.45, 7) is 2.23. The van der Waals surface area contributed by atoms with E-state index in [1.807, 2.05) is 18.2 Å². The van der Waals surface area contributed by atoms with E-state index in [0.29, 0.717) is 11.9 Å². The van der Waals surface area contributed by atoms with E-state index >= 15 is 0 Å². The number of nitrogens with zero attached hydrogens (tertiary/aromatic N) is 1. The van der Waals surface area contributed by atoms with Crippen molar-refractivity contribution in [1.82, 2.24) is 15.6 Å². The lowest BCUT2D eigenvalue weighted by Gasteiger charge is -2.23. The zero-order valence-corrected chi connectivity index (χ0v) is 24.5. The maximum atomic E-state index is 13.2. The van der Waals surface area contributed by atoms with Gasteiger partial charge < -0.3 is 21.5 Å². The fraction of sp³-hybridized carbons (Fsp3) is 0.594. The first-order valence-electron chi connectivity index (χ1n) is 15.3. The highest BCUT2D eigenvalue weighted by atomic mass is 16.4. The maximum absolute atomic E-state index is 13.2. The number of primary amides is 1. The van der Waals surface area contributed by atoms with Crippen molar-refractivity contribution in [2.45, 2.75) is 122 Å². The molecule has 9 heteroatoms. The molecule has 0 aliphatic carbocycles. The van der Waals surface area contributed by atoms with E-state index in [1.165, 1.54) is 51.4 Å². The van der Waals surface area contributed by atoms with Crippen LogP contribution in [-0.4, -0.2) is 45.9 Å². The summed E-state index contributed by atoms with van der Waals surface area (Å²) in [6, 6.07) is 9.35. The third-order valence-corrected chi connectivity index (χ3v) is 7.29. The third-order valence-electron chi connectivity index (χ3n) is 7.29. The molecule has 0 radical (unpaired) electrons. The molecule has 0 spiro atoms. The molecule has 41 heavy (non-hydrogen) atoms. The van der Waals surface area contributed by atoms with Gasteiger partial charge in [-0.05, 0) is 31.4 Å². The van der Waals surface area contributed by atoms with Crippen molar-refractivity contribution in [3.63, 3.8) is 0 Å². The first-order chi connectivity index (χ1) is 19.8. The summed E-state index contributed by atoms with van der Waals surface area (Å²) in [4.78, 5) is 53.4. The fourth-order valence-electron chi connectivity index (χ4n) is 4.98. The van der Waals surface area contributed by atoms with Crippen molar-refractivity contribution < 1.29 is 24.3 Å². The number of hydrogen-bond acceptors (Lipinski definition) is 5. The minimum absolute atomic E-state index is 0.00548. The Morgan fingerprint density at radius 3 is 2.07 bits per heavy atom. The van der Waals surface area contributed by atoms with Crippen LogP contribution in [0.4, 0.5) is 0 Å². The van der Waals surface area contributed by atoms with E-state index in [4.69, 9.17) is 10.8 Å². The molecule has 226 valence electrons. The van der Waals surface area contributed by atoms with Crippen LogP contribution in [0.5, 0.6) is 0 Å². The Labute approximate surface area is 244 Å². The lowest BCUT2D eigenvalue weighted by Crippen LogP contribution is -2.50. The van der Waals surface area contributed by atoms with Crippen LogP contribution in [-0.2, 0) is 14.4 Å². The second-order valence-corrected chi connectivity index (χ2v) is 10.9. The second kappa shape index (κ2) is 19.6. The molecule has 3 amide bonds. The molecule has 5 N–H and O–H groups in total. The molecular weight excluding hydrogens is 520 g/mol. The normalized spacial score (nSPS) is 12.5. The zero-order valence-electron chi connectivity index (χ0n) is 24.5. The monoisotopic (exact) mass is 568 g/mol. The topological polar surface area (TPSA) is 151 Å². The van der Waals surface area contributed by atoms with E-state index in [9.17, 15) is 19.2 Å². The van der Waals surface area contributed by atoms with Crippen LogP contribution in [0.25, 0.3) is 10.9 Å². The van der Waals surface area contributed by atoms with Crippen molar-refractivity contribution in [2.24, 2.45) is 5.73 Å². The van der Waals surface area contributed by atoms with E-state index < -0.39 is 35.8 Å². The molecule has 0 unspecified atom stereocenters. The third kappa shape index (κ3) is 14.1. The molecule has 0 saturated carbocycles. The molecule has 1 aromatic heterocycles. The van der Waals surface area contributed by atoms with Crippen molar-refractivity contribution in [2.75, 3.05) is 0 Å². The molecule has 9 nitrogen and oxygen atoms in total. The van der Waals surface area contributed by atoms with Crippen molar-refractivity contribution in [3.8, 4) is 0 Å². The number of amides is 3. The molecule has 0 bridgehead atoms. The average molecular weight is 569 g/mol. The summed E-state index contributed by atoms with van der Waals surface area (Å²) in [6.07, 6.45) is 14.0. The van der Waals surface area contributed by atoms with E-state index in [1.54, 1.807) is 18.2 Å². The molecule has 0 fully saturated rings. The van der Waals surface area contributed by atoms with Gasteiger partial charge in [-0.15, -0.1) is 0 Å². The van der Waals surface area contributed by atoms with Crippen LogP contribution < -0.4 is 16.4 Å². The number of fused-ring (bicyclic) bond motifs is 1. The number of carbonyl (C=O) groups is 4. The Morgan fingerprint density at radius 1 is 0.805 bits per heavy atom. The minimum atomic E-state index is -0.977. The van der Waals surface area contributed by atoms with Gasteiger partial charge in [0.25, 0.3) is 5.91 Å². The van der Waals surface area contributed by atoms with E-state index in [0.717, 1.165) is 24.6 Å². The highest BCUT2D eigenvalue weighted by Crippen LogP contribution is 2.15. The lowest BCUT2D eigenvalue weighted by molar-refractivity contribution is -0.137. The molecule has 2 aromatic rings. The number of benzene rings is 1. The molecule has 2 rings (SSSR count). The number of carboxylic acids is 1. The molecule has 1 heterocycles. The Kier molecular flexibility index (Phi) is 16.1. The largest absolute Gasteiger partial charge is 0.481 e. The summed E-state index contributed by atoms with van der Waals surface area (Å²) in [5.74, 6) is -2.47. The van der Waals surface area contributed by atoms with E-state index in [-0.39, 0.29) is 31.4 Å².